The predicted octanol–water partition coefficient (Wildman–Crippen LogP) is 2.52. The lowest BCUT2D eigenvalue weighted by atomic mass is 10.2. The number of Topliss-reactive ketones (excluding diaryl/α,β-unsaturated/α-hetero) is 1. The van der Waals surface area contributed by atoms with Gasteiger partial charge in [-0.2, -0.15) is 11.8 Å². The van der Waals surface area contributed by atoms with Crippen molar-refractivity contribution >= 4 is 17.5 Å². The number of rotatable bonds is 9. The zero-order chi connectivity index (χ0) is 9.94. The van der Waals surface area contributed by atoms with Gasteiger partial charge in [-0.25, -0.2) is 0 Å². The van der Waals surface area contributed by atoms with Crippen LogP contribution in [-0.4, -0.2) is 31.0 Å². The lowest BCUT2D eigenvalue weighted by Gasteiger charge is -2.00. The van der Waals surface area contributed by atoms with Gasteiger partial charge in [-0.3, -0.25) is 4.79 Å². The van der Waals surface area contributed by atoms with Crippen LogP contribution >= 0.6 is 11.8 Å². The summed E-state index contributed by atoms with van der Waals surface area (Å²) in [6.45, 7) is 2.77. The Morgan fingerprint density at radius 3 is 2.62 bits per heavy atom. The topological polar surface area (TPSA) is 26.3 Å². The number of hydrogen-bond donors (Lipinski definition) is 0. The Labute approximate surface area is 85.4 Å². The van der Waals surface area contributed by atoms with Crippen LogP contribution in [0.2, 0.25) is 0 Å². The summed E-state index contributed by atoms with van der Waals surface area (Å²) in [4.78, 5) is 10.9. The molecule has 0 atom stereocenters. The molecule has 0 aliphatic rings. The maximum atomic E-state index is 10.9. The van der Waals surface area contributed by atoms with E-state index in [1.54, 1.807) is 7.11 Å². The van der Waals surface area contributed by atoms with Gasteiger partial charge in [-0.05, 0) is 24.3 Å². The quantitative estimate of drug-likeness (QED) is 0.540. The van der Waals surface area contributed by atoms with Gasteiger partial charge in [0.15, 0.2) is 0 Å². The van der Waals surface area contributed by atoms with Crippen LogP contribution in [0.3, 0.4) is 0 Å². The summed E-state index contributed by atoms with van der Waals surface area (Å²) in [5.74, 6) is 2.64. The molecule has 0 saturated heterocycles. The van der Waals surface area contributed by atoms with Crippen LogP contribution in [-0.2, 0) is 9.53 Å². The summed E-state index contributed by atoms with van der Waals surface area (Å²) in [5, 5.41) is 0. The molecule has 0 radical (unpaired) electrons. The lowest BCUT2D eigenvalue weighted by Crippen LogP contribution is -1.96. The van der Waals surface area contributed by atoms with E-state index in [4.69, 9.17) is 4.74 Å². The smallest absolute Gasteiger partial charge is 0.132 e. The second-order valence-electron chi connectivity index (χ2n) is 2.95. The second kappa shape index (κ2) is 10.1. The van der Waals surface area contributed by atoms with Gasteiger partial charge in [-0.1, -0.05) is 6.92 Å². The van der Waals surface area contributed by atoms with E-state index in [1.807, 2.05) is 18.7 Å². The predicted molar refractivity (Wildman–Crippen MR) is 58.4 cm³/mol. The van der Waals surface area contributed by atoms with E-state index in [-0.39, 0.29) is 0 Å². The van der Waals surface area contributed by atoms with Crippen molar-refractivity contribution in [2.45, 2.75) is 32.6 Å². The van der Waals surface area contributed by atoms with Crippen LogP contribution in [0.15, 0.2) is 0 Å². The molecule has 0 unspecified atom stereocenters. The first-order chi connectivity index (χ1) is 6.31. The van der Waals surface area contributed by atoms with Crippen molar-refractivity contribution in [3.63, 3.8) is 0 Å². The molecule has 0 aliphatic heterocycles. The molecule has 0 aromatic rings. The third kappa shape index (κ3) is 9.90. The first-order valence-corrected chi connectivity index (χ1v) is 6.05. The summed E-state index contributed by atoms with van der Waals surface area (Å²) in [6.07, 6.45) is 3.59. The molecule has 0 amide bonds. The Morgan fingerprint density at radius 2 is 2.00 bits per heavy atom. The van der Waals surface area contributed by atoms with E-state index in [2.05, 4.69) is 0 Å². The van der Waals surface area contributed by atoms with Crippen LogP contribution < -0.4 is 0 Å². The minimum Gasteiger partial charge on any atom is -0.385 e. The van der Waals surface area contributed by atoms with Gasteiger partial charge in [0.1, 0.15) is 5.78 Å². The first-order valence-electron chi connectivity index (χ1n) is 4.89. The SMILES string of the molecule is CCC(=O)CCCSCCCOC. The molecule has 0 fully saturated rings. The minimum absolute atomic E-state index is 0.387. The summed E-state index contributed by atoms with van der Waals surface area (Å²) in [7, 11) is 1.73. The highest BCUT2D eigenvalue weighted by atomic mass is 32.2. The van der Waals surface area contributed by atoms with E-state index >= 15 is 0 Å². The van der Waals surface area contributed by atoms with Gasteiger partial charge >= 0.3 is 0 Å². The van der Waals surface area contributed by atoms with Crippen molar-refractivity contribution in [2.75, 3.05) is 25.2 Å². The van der Waals surface area contributed by atoms with Crippen molar-refractivity contribution in [3.8, 4) is 0 Å². The molecule has 0 saturated carbocycles. The molecule has 78 valence electrons. The van der Waals surface area contributed by atoms with Crippen LogP contribution in [0, 0.1) is 0 Å². The van der Waals surface area contributed by atoms with Crippen LogP contribution in [0.25, 0.3) is 0 Å². The molecule has 3 heteroatoms. The van der Waals surface area contributed by atoms with Crippen LogP contribution in [0.1, 0.15) is 32.6 Å². The highest BCUT2D eigenvalue weighted by Gasteiger charge is 1.97. The van der Waals surface area contributed by atoms with E-state index < -0.39 is 0 Å². The Bertz CT molecular complexity index is 126. The van der Waals surface area contributed by atoms with E-state index in [1.165, 1.54) is 0 Å². The van der Waals surface area contributed by atoms with Crippen molar-refractivity contribution in [2.24, 2.45) is 0 Å². The van der Waals surface area contributed by atoms with E-state index in [0.29, 0.717) is 12.2 Å². The minimum atomic E-state index is 0.387. The maximum Gasteiger partial charge on any atom is 0.132 e. The molecular weight excluding hydrogens is 184 g/mol. The Hall–Kier alpha value is -0.0200. The van der Waals surface area contributed by atoms with Crippen molar-refractivity contribution < 1.29 is 9.53 Å². The third-order valence-electron chi connectivity index (χ3n) is 1.78. The highest BCUT2D eigenvalue weighted by Crippen LogP contribution is 2.07. The number of ketones is 1. The Balaban J connectivity index is 2.95. The maximum absolute atomic E-state index is 10.9. The summed E-state index contributed by atoms with van der Waals surface area (Å²) in [5.41, 5.74) is 0. The summed E-state index contributed by atoms with van der Waals surface area (Å²) in [6, 6.07) is 0. The zero-order valence-corrected chi connectivity index (χ0v) is 9.49. The fraction of sp³-hybridized carbons (Fsp3) is 0.900. The van der Waals surface area contributed by atoms with Gasteiger partial charge in [0.05, 0.1) is 0 Å². The highest BCUT2D eigenvalue weighted by molar-refractivity contribution is 7.99. The summed E-state index contributed by atoms with van der Waals surface area (Å²) < 4.78 is 4.94. The molecule has 0 aliphatic carbocycles. The van der Waals surface area contributed by atoms with Gasteiger partial charge in [0.25, 0.3) is 0 Å². The van der Waals surface area contributed by atoms with E-state index in [9.17, 15) is 4.79 Å². The second-order valence-corrected chi connectivity index (χ2v) is 4.18. The first kappa shape index (κ1) is 13.0. The van der Waals surface area contributed by atoms with Crippen molar-refractivity contribution in [1.29, 1.82) is 0 Å². The molecule has 2 nitrogen and oxygen atoms in total. The van der Waals surface area contributed by atoms with Crippen LogP contribution in [0.5, 0.6) is 0 Å². The number of hydrogen-bond acceptors (Lipinski definition) is 3. The van der Waals surface area contributed by atoms with Crippen molar-refractivity contribution in [1.82, 2.24) is 0 Å². The number of carbonyl (C=O) groups excluding carboxylic acids is 1. The number of ether oxygens (including phenoxy) is 1. The van der Waals surface area contributed by atoms with Gasteiger partial charge < -0.3 is 4.74 Å². The molecule has 0 rings (SSSR count). The lowest BCUT2D eigenvalue weighted by molar-refractivity contribution is -0.118. The average Bonchev–Trinajstić information content (AvgIpc) is 2.16. The zero-order valence-electron chi connectivity index (χ0n) is 8.67. The molecule has 0 N–H and O–H groups in total. The fourth-order valence-corrected chi connectivity index (χ4v) is 1.83. The van der Waals surface area contributed by atoms with E-state index in [0.717, 1.165) is 37.4 Å². The number of thioether (sulfide) groups is 1. The number of carbonyl (C=O) groups is 1. The Kier molecular flexibility index (Phi) is 10.0. The van der Waals surface area contributed by atoms with Gasteiger partial charge in [0, 0.05) is 26.6 Å². The normalized spacial score (nSPS) is 10.3. The van der Waals surface area contributed by atoms with Crippen LogP contribution in [0.4, 0.5) is 0 Å². The monoisotopic (exact) mass is 204 g/mol. The molecular formula is C10H20O2S. The molecule has 0 heterocycles. The number of methoxy groups -OCH3 is 1. The average molecular weight is 204 g/mol. The molecule has 0 aromatic heterocycles. The largest absolute Gasteiger partial charge is 0.385 e. The molecule has 0 aromatic carbocycles. The van der Waals surface area contributed by atoms with Gasteiger partial charge in [-0.15, -0.1) is 0 Å². The third-order valence-corrected chi connectivity index (χ3v) is 2.93. The summed E-state index contributed by atoms with van der Waals surface area (Å²) >= 11 is 1.91. The molecule has 0 spiro atoms. The van der Waals surface area contributed by atoms with Gasteiger partial charge in [0.2, 0.25) is 0 Å². The standard InChI is InChI=1S/C10H20O2S/c1-3-10(11)6-4-8-13-9-5-7-12-2/h3-9H2,1-2H3. The molecule has 0 bridgehead atoms. The van der Waals surface area contributed by atoms with Crippen molar-refractivity contribution in [3.05, 3.63) is 0 Å². The Morgan fingerprint density at radius 1 is 1.31 bits per heavy atom. The fourth-order valence-electron chi connectivity index (χ4n) is 0.956. The molecule has 13 heavy (non-hydrogen) atoms.